The fourth-order valence-electron chi connectivity index (χ4n) is 2.65. The molecular formula is C20H25ClN2O. The number of carbonyl (C=O) groups excluding carboxylic acids is 1. The van der Waals surface area contributed by atoms with Gasteiger partial charge in [0, 0.05) is 24.7 Å². The first-order valence-electron chi connectivity index (χ1n) is 8.13. The van der Waals surface area contributed by atoms with Gasteiger partial charge in [0.05, 0.1) is 6.54 Å². The molecule has 4 heteroatoms. The molecule has 0 spiro atoms. The first kappa shape index (κ1) is 18.5. The largest absolute Gasteiger partial charge is 0.340 e. The predicted octanol–water partition coefficient (Wildman–Crippen LogP) is 4.30. The highest BCUT2D eigenvalue weighted by molar-refractivity contribution is 6.31. The summed E-state index contributed by atoms with van der Waals surface area (Å²) in [5.41, 5.74) is 3.42. The maximum Gasteiger partial charge on any atom is 0.236 e. The topological polar surface area (TPSA) is 23.6 Å². The number of likely N-dealkylation sites (N-methyl/N-ethyl adjacent to an activating group) is 2. The molecule has 1 amide bonds. The van der Waals surface area contributed by atoms with Crippen LogP contribution in [0.25, 0.3) is 0 Å². The van der Waals surface area contributed by atoms with Crippen molar-refractivity contribution in [1.29, 1.82) is 0 Å². The molecule has 128 valence electrons. The molecule has 1 atom stereocenters. The Morgan fingerprint density at radius 2 is 1.71 bits per heavy atom. The Bertz CT molecular complexity index is 702. The molecule has 0 bridgehead atoms. The van der Waals surface area contributed by atoms with Crippen LogP contribution in [0.5, 0.6) is 0 Å². The van der Waals surface area contributed by atoms with E-state index in [2.05, 4.69) is 26.0 Å². The van der Waals surface area contributed by atoms with Gasteiger partial charge in [0.25, 0.3) is 0 Å². The first-order valence-corrected chi connectivity index (χ1v) is 8.51. The zero-order valence-electron chi connectivity index (χ0n) is 14.8. The molecular weight excluding hydrogens is 320 g/mol. The van der Waals surface area contributed by atoms with Crippen molar-refractivity contribution >= 4 is 17.5 Å². The number of carbonyl (C=O) groups is 1. The van der Waals surface area contributed by atoms with Crippen LogP contribution in [-0.4, -0.2) is 36.3 Å². The van der Waals surface area contributed by atoms with Crippen LogP contribution in [0.15, 0.2) is 48.5 Å². The quantitative estimate of drug-likeness (QED) is 0.780. The summed E-state index contributed by atoms with van der Waals surface area (Å²) >= 11 is 6.27. The van der Waals surface area contributed by atoms with Gasteiger partial charge in [0.15, 0.2) is 0 Å². The van der Waals surface area contributed by atoms with Gasteiger partial charge in [-0.3, -0.25) is 9.69 Å². The summed E-state index contributed by atoms with van der Waals surface area (Å²) in [5, 5.41) is 0.734. The normalized spacial score (nSPS) is 12.2. The van der Waals surface area contributed by atoms with E-state index in [9.17, 15) is 4.79 Å². The Balaban J connectivity index is 1.98. The SMILES string of the molecule is Cc1ccccc1CN(C)C(=O)CN(C)[C@@H](C)c1ccccc1Cl. The number of rotatable bonds is 6. The van der Waals surface area contributed by atoms with Gasteiger partial charge in [0.2, 0.25) is 5.91 Å². The molecule has 0 saturated carbocycles. The van der Waals surface area contributed by atoms with E-state index in [1.807, 2.05) is 55.4 Å². The third kappa shape index (κ3) is 4.59. The van der Waals surface area contributed by atoms with Crippen molar-refractivity contribution < 1.29 is 4.79 Å². The zero-order valence-corrected chi connectivity index (χ0v) is 15.5. The van der Waals surface area contributed by atoms with E-state index in [1.165, 1.54) is 11.1 Å². The van der Waals surface area contributed by atoms with Gasteiger partial charge in [-0.1, -0.05) is 54.1 Å². The van der Waals surface area contributed by atoms with Gasteiger partial charge in [-0.2, -0.15) is 0 Å². The number of aryl methyl sites for hydroxylation is 1. The van der Waals surface area contributed by atoms with Crippen LogP contribution in [0.4, 0.5) is 0 Å². The molecule has 0 aliphatic carbocycles. The zero-order chi connectivity index (χ0) is 17.7. The molecule has 2 aromatic rings. The van der Waals surface area contributed by atoms with Crippen LogP contribution in [0, 0.1) is 6.92 Å². The smallest absolute Gasteiger partial charge is 0.236 e. The van der Waals surface area contributed by atoms with E-state index in [0.29, 0.717) is 13.1 Å². The van der Waals surface area contributed by atoms with Crippen molar-refractivity contribution in [3.05, 3.63) is 70.2 Å². The average molecular weight is 345 g/mol. The minimum atomic E-state index is 0.0783. The van der Waals surface area contributed by atoms with Gasteiger partial charge < -0.3 is 4.90 Å². The second-order valence-corrected chi connectivity index (χ2v) is 6.70. The van der Waals surface area contributed by atoms with Gasteiger partial charge >= 0.3 is 0 Å². The maximum absolute atomic E-state index is 12.5. The van der Waals surface area contributed by atoms with Crippen molar-refractivity contribution in [1.82, 2.24) is 9.80 Å². The molecule has 0 heterocycles. The van der Waals surface area contributed by atoms with Crippen LogP contribution in [0.3, 0.4) is 0 Å². The Labute approximate surface area is 149 Å². The average Bonchev–Trinajstić information content (AvgIpc) is 2.56. The summed E-state index contributed by atoms with van der Waals surface area (Å²) in [6, 6.07) is 16.0. The van der Waals surface area contributed by atoms with Gasteiger partial charge in [-0.15, -0.1) is 0 Å². The summed E-state index contributed by atoms with van der Waals surface area (Å²) < 4.78 is 0. The fraction of sp³-hybridized carbons (Fsp3) is 0.350. The van der Waals surface area contributed by atoms with Crippen molar-refractivity contribution in [2.45, 2.75) is 26.4 Å². The molecule has 0 N–H and O–H groups in total. The van der Waals surface area contributed by atoms with Crippen molar-refractivity contribution in [2.24, 2.45) is 0 Å². The minimum absolute atomic E-state index is 0.0783. The molecule has 0 fully saturated rings. The standard InChI is InChI=1S/C20H25ClN2O/c1-15-9-5-6-10-17(15)13-23(4)20(24)14-22(3)16(2)18-11-7-8-12-19(18)21/h5-12,16H,13-14H2,1-4H3/t16-/m0/s1. The Morgan fingerprint density at radius 1 is 1.08 bits per heavy atom. The lowest BCUT2D eigenvalue weighted by Crippen LogP contribution is -2.37. The Kier molecular flexibility index (Phi) is 6.41. The number of hydrogen-bond donors (Lipinski definition) is 0. The minimum Gasteiger partial charge on any atom is -0.340 e. The van der Waals surface area contributed by atoms with Crippen LogP contribution in [0.2, 0.25) is 5.02 Å². The van der Waals surface area contributed by atoms with Gasteiger partial charge in [0.1, 0.15) is 0 Å². The number of halogens is 1. The number of nitrogens with zero attached hydrogens (tertiary/aromatic N) is 2. The number of amides is 1. The summed E-state index contributed by atoms with van der Waals surface area (Å²) in [7, 11) is 3.80. The highest BCUT2D eigenvalue weighted by Crippen LogP contribution is 2.26. The second-order valence-electron chi connectivity index (χ2n) is 6.29. The fourth-order valence-corrected chi connectivity index (χ4v) is 2.95. The third-order valence-corrected chi connectivity index (χ3v) is 4.84. The summed E-state index contributed by atoms with van der Waals surface area (Å²) in [5.74, 6) is 0.0969. The molecule has 0 aliphatic heterocycles. The van der Waals surface area contributed by atoms with E-state index < -0.39 is 0 Å². The van der Waals surface area contributed by atoms with Crippen molar-refractivity contribution in [3.8, 4) is 0 Å². The lowest BCUT2D eigenvalue weighted by atomic mass is 10.1. The highest BCUT2D eigenvalue weighted by atomic mass is 35.5. The van der Waals surface area contributed by atoms with E-state index >= 15 is 0 Å². The van der Waals surface area contributed by atoms with E-state index in [-0.39, 0.29) is 11.9 Å². The molecule has 0 saturated heterocycles. The maximum atomic E-state index is 12.5. The molecule has 24 heavy (non-hydrogen) atoms. The monoisotopic (exact) mass is 344 g/mol. The first-order chi connectivity index (χ1) is 11.4. The summed E-state index contributed by atoms with van der Waals surface area (Å²) in [6.07, 6.45) is 0. The van der Waals surface area contributed by atoms with Crippen LogP contribution in [0.1, 0.15) is 29.7 Å². The van der Waals surface area contributed by atoms with Crippen LogP contribution >= 0.6 is 11.6 Å². The Hall–Kier alpha value is -1.84. The lowest BCUT2D eigenvalue weighted by molar-refractivity contribution is -0.131. The van der Waals surface area contributed by atoms with E-state index in [0.717, 1.165) is 10.6 Å². The molecule has 3 nitrogen and oxygen atoms in total. The van der Waals surface area contributed by atoms with E-state index in [1.54, 1.807) is 4.90 Å². The molecule has 2 aromatic carbocycles. The second kappa shape index (κ2) is 8.32. The number of hydrogen-bond acceptors (Lipinski definition) is 2. The lowest BCUT2D eigenvalue weighted by Gasteiger charge is -2.27. The molecule has 0 aromatic heterocycles. The highest BCUT2D eigenvalue weighted by Gasteiger charge is 2.19. The van der Waals surface area contributed by atoms with Crippen LogP contribution < -0.4 is 0 Å². The van der Waals surface area contributed by atoms with Crippen LogP contribution in [-0.2, 0) is 11.3 Å². The van der Waals surface area contributed by atoms with Gasteiger partial charge in [-0.25, -0.2) is 0 Å². The van der Waals surface area contributed by atoms with E-state index in [4.69, 9.17) is 11.6 Å². The predicted molar refractivity (Wildman–Crippen MR) is 100 cm³/mol. The van der Waals surface area contributed by atoms with Gasteiger partial charge in [-0.05, 0) is 43.7 Å². The molecule has 0 radical (unpaired) electrons. The number of benzene rings is 2. The summed E-state index contributed by atoms with van der Waals surface area (Å²) in [6.45, 7) is 5.11. The third-order valence-electron chi connectivity index (χ3n) is 4.50. The van der Waals surface area contributed by atoms with Crippen molar-refractivity contribution in [2.75, 3.05) is 20.6 Å². The summed E-state index contributed by atoms with van der Waals surface area (Å²) in [4.78, 5) is 16.3. The molecule has 0 aliphatic rings. The van der Waals surface area contributed by atoms with Crippen molar-refractivity contribution in [3.63, 3.8) is 0 Å². The molecule has 2 rings (SSSR count). The Morgan fingerprint density at radius 3 is 2.38 bits per heavy atom. The molecule has 0 unspecified atom stereocenters.